The largest absolute Gasteiger partial charge is 0.496 e. The third kappa shape index (κ3) is 5.86. The molecule has 1 saturated heterocycles. The molecule has 2 atom stereocenters. The van der Waals surface area contributed by atoms with Crippen LogP contribution in [0.5, 0.6) is 5.75 Å². The fraction of sp³-hybridized carbons (Fsp3) is 0.321. The van der Waals surface area contributed by atoms with Crippen LogP contribution in [0.3, 0.4) is 0 Å². The number of nitrogens with one attached hydrogen (secondary N) is 1. The topological polar surface area (TPSA) is 184 Å². The maximum atomic E-state index is 13.8. The molecule has 16 heteroatoms. The van der Waals surface area contributed by atoms with Gasteiger partial charge in [-0.1, -0.05) is 53.7 Å². The molecule has 2 aliphatic rings. The number of tetrazole rings is 1. The van der Waals surface area contributed by atoms with Crippen molar-refractivity contribution in [3.63, 3.8) is 0 Å². The predicted octanol–water partition coefficient (Wildman–Crippen LogP) is 1.14. The smallest absolute Gasteiger partial charge is 0.355 e. The first-order chi connectivity index (χ1) is 21.2. The molecule has 1 fully saturated rings. The van der Waals surface area contributed by atoms with Crippen molar-refractivity contribution in [1.29, 1.82) is 0 Å². The zero-order valence-corrected chi connectivity index (χ0v) is 24.7. The van der Waals surface area contributed by atoms with Gasteiger partial charge in [-0.25, -0.2) is 9.48 Å². The Morgan fingerprint density at radius 1 is 1.18 bits per heavy atom. The van der Waals surface area contributed by atoms with E-state index < -0.39 is 42.3 Å². The first kappa shape index (κ1) is 30.7. The van der Waals surface area contributed by atoms with Crippen molar-refractivity contribution in [2.24, 2.45) is 0 Å². The number of para-hydroxylation sites is 1. The van der Waals surface area contributed by atoms with Gasteiger partial charge in [-0.3, -0.25) is 19.3 Å². The number of carbonyl (C=O) groups excluding carboxylic acids is 3. The number of aliphatic carboxylic acids is 1. The number of carboxylic acid groups (broad SMARTS) is 1. The minimum Gasteiger partial charge on any atom is -0.496 e. The molecule has 0 saturated carbocycles. The number of hydrogen-bond acceptors (Lipinski definition) is 12. The van der Waals surface area contributed by atoms with Crippen LogP contribution in [0.15, 0.2) is 65.0 Å². The molecule has 3 aromatic rings. The second-order valence-electron chi connectivity index (χ2n) is 9.75. The van der Waals surface area contributed by atoms with Crippen LogP contribution < -0.4 is 10.1 Å². The number of aromatic nitrogens is 4. The summed E-state index contributed by atoms with van der Waals surface area (Å²) < 4.78 is 23.5. The van der Waals surface area contributed by atoms with Gasteiger partial charge in [-0.05, 0) is 40.6 Å². The van der Waals surface area contributed by atoms with Crippen LogP contribution in [-0.2, 0) is 41.7 Å². The van der Waals surface area contributed by atoms with Crippen LogP contribution in [0.2, 0.25) is 0 Å². The zero-order valence-electron chi connectivity index (χ0n) is 23.9. The number of aryl methyl sites for hydroxylation is 1. The quantitative estimate of drug-likeness (QED) is 0.127. The minimum absolute atomic E-state index is 0.0545. The second kappa shape index (κ2) is 12.8. The summed E-state index contributed by atoms with van der Waals surface area (Å²) in [5, 5.41) is 23.0. The normalized spacial score (nSPS) is 19.2. The summed E-state index contributed by atoms with van der Waals surface area (Å²) in [6.07, 6.45) is -1.20. The lowest BCUT2D eigenvalue weighted by Crippen LogP contribution is -2.82. The SMILES string of the molecule is COc1ccccc1C(=O)N[C@]1(OC)C(=O)N2C(C(=O)OCc3cccc(C)c3)=C(CSc3nnnn3CC(=O)O)CO[C@@H]21. The predicted molar refractivity (Wildman–Crippen MR) is 151 cm³/mol. The Morgan fingerprint density at radius 2 is 1.98 bits per heavy atom. The van der Waals surface area contributed by atoms with E-state index in [0.29, 0.717) is 5.57 Å². The van der Waals surface area contributed by atoms with E-state index >= 15 is 0 Å². The Kier molecular flexibility index (Phi) is 8.93. The number of benzene rings is 2. The maximum absolute atomic E-state index is 13.8. The van der Waals surface area contributed by atoms with Crippen molar-refractivity contribution >= 4 is 35.5 Å². The standard InChI is InChI=1S/C28H28N6O9S/c1-16-7-6-8-17(11-16)13-42-24(38)22-18(15-44-27-30-31-32-33(27)12-21(35)36)14-43-26-28(41-3,25(39)34(22)26)29-23(37)19-9-4-5-10-20(19)40-2/h4-11,26H,12-15H2,1-3H3,(H,29,37)(H,35,36)/t26-,28+/m1/s1. The average Bonchev–Trinajstić information content (AvgIpc) is 3.46. The Bertz CT molecular complexity index is 1640. The van der Waals surface area contributed by atoms with Gasteiger partial charge in [0.2, 0.25) is 5.16 Å². The van der Waals surface area contributed by atoms with Gasteiger partial charge >= 0.3 is 11.9 Å². The van der Waals surface area contributed by atoms with Crippen molar-refractivity contribution in [2.75, 3.05) is 26.6 Å². The molecule has 2 aromatic carbocycles. The summed E-state index contributed by atoms with van der Waals surface area (Å²) in [5.41, 5.74) is 0.232. The number of rotatable bonds is 12. The number of carbonyl (C=O) groups is 4. The number of hydrogen-bond donors (Lipinski definition) is 2. The lowest BCUT2D eigenvalue weighted by atomic mass is 9.94. The number of ether oxygens (including phenoxy) is 4. The highest BCUT2D eigenvalue weighted by atomic mass is 32.2. The zero-order chi connectivity index (χ0) is 31.4. The van der Waals surface area contributed by atoms with E-state index in [2.05, 4.69) is 20.8 Å². The summed E-state index contributed by atoms with van der Waals surface area (Å²) in [5.74, 6) is -3.00. The van der Waals surface area contributed by atoms with Crippen molar-refractivity contribution in [3.8, 4) is 5.75 Å². The van der Waals surface area contributed by atoms with Gasteiger partial charge in [-0.15, -0.1) is 5.10 Å². The van der Waals surface area contributed by atoms with Crippen molar-refractivity contribution in [1.82, 2.24) is 30.4 Å². The number of methoxy groups -OCH3 is 2. The molecule has 0 aliphatic carbocycles. The molecule has 15 nitrogen and oxygen atoms in total. The summed E-state index contributed by atoms with van der Waals surface area (Å²) in [6, 6.07) is 13.9. The molecule has 3 heterocycles. The van der Waals surface area contributed by atoms with Crippen LogP contribution in [-0.4, -0.2) is 92.5 Å². The molecule has 0 radical (unpaired) electrons. The van der Waals surface area contributed by atoms with E-state index in [1.54, 1.807) is 24.3 Å². The number of carboxylic acids is 1. The molecule has 44 heavy (non-hydrogen) atoms. The van der Waals surface area contributed by atoms with Gasteiger partial charge in [0.05, 0.1) is 19.3 Å². The van der Waals surface area contributed by atoms with Crippen molar-refractivity contribution < 1.29 is 43.2 Å². The third-order valence-electron chi connectivity index (χ3n) is 6.89. The molecule has 0 unspecified atom stereocenters. The van der Waals surface area contributed by atoms with E-state index in [0.717, 1.165) is 32.5 Å². The molecule has 0 spiro atoms. The van der Waals surface area contributed by atoms with Crippen LogP contribution in [0.25, 0.3) is 0 Å². The molecule has 230 valence electrons. The van der Waals surface area contributed by atoms with Gasteiger partial charge < -0.3 is 29.4 Å². The summed E-state index contributed by atoms with van der Waals surface area (Å²) in [7, 11) is 2.66. The molecule has 2 amide bonds. The van der Waals surface area contributed by atoms with E-state index in [-0.39, 0.29) is 41.1 Å². The van der Waals surface area contributed by atoms with Crippen LogP contribution in [0.4, 0.5) is 0 Å². The fourth-order valence-corrected chi connectivity index (χ4v) is 5.68. The molecule has 1 aromatic heterocycles. The van der Waals surface area contributed by atoms with E-state index in [1.807, 2.05) is 25.1 Å². The van der Waals surface area contributed by atoms with Crippen molar-refractivity contribution in [3.05, 3.63) is 76.5 Å². The lowest BCUT2D eigenvalue weighted by Gasteiger charge is -2.55. The highest BCUT2D eigenvalue weighted by Gasteiger charge is 2.67. The van der Waals surface area contributed by atoms with E-state index in [4.69, 9.17) is 24.1 Å². The van der Waals surface area contributed by atoms with Crippen LogP contribution in [0, 0.1) is 6.92 Å². The number of esters is 1. The monoisotopic (exact) mass is 624 g/mol. The second-order valence-corrected chi connectivity index (χ2v) is 10.7. The van der Waals surface area contributed by atoms with Crippen LogP contribution in [0.1, 0.15) is 21.5 Å². The Labute approximate surface area is 255 Å². The fourth-order valence-electron chi connectivity index (χ4n) is 4.81. The Morgan fingerprint density at radius 3 is 2.70 bits per heavy atom. The van der Waals surface area contributed by atoms with E-state index in [1.165, 1.54) is 20.3 Å². The minimum atomic E-state index is -1.94. The molecular formula is C28H28N6O9S. The van der Waals surface area contributed by atoms with Gasteiger partial charge in [0.1, 0.15) is 24.6 Å². The maximum Gasteiger partial charge on any atom is 0.355 e. The number of β-lactam (4-membered cyclic amide) rings is 1. The molecule has 2 N–H and O–H groups in total. The summed E-state index contributed by atoms with van der Waals surface area (Å²) >= 11 is 1.05. The van der Waals surface area contributed by atoms with Crippen LogP contribution >= 0.6 is 11.8 Å². The number of thioether (sulfide) groups is 1. The Balaban J connectivity index is 1.42. The van der Waals surface area contributed by atoms with Gasteiger partial charge in [-0.2, -0.15) is 0 Å². The molecule has 5 rings (SSSR count). The number of nitrogens with zero attached hydrogens (tertiary/aromatic N) is 5. The van der Waals surface area contributed by atoms with E-state index in [9.17, 15) is 19.2 Å². The first-order valence-corrected chi connectivity index (χ1v) is 14.2. The number of amides is 2. The van der Waals surface area contributed by atoms with Gasteiger partial charge in [0.25, 0.3) is 17.5 Å². The Hall–Kier alpha value is -4.80. The molecular weight excluding hydrogens is 596 g/mol. The highest BCUT2D eigenvalue weighted by molar-refractivity contribution is 7.99. The van der Waals surface area contributed by atoms with Gasteiger partial charge in [0.15, 0.2) is 6.23 Å². The first-order valence-electron chi connectivity index (χ1n) is 13.2. The highest BCUT2D eigenvalue weighted by Crippen LogP contribution is 2.42. The summed E-state index contributed by atoms with van der Waals surface area (Å²) in [4.78, 5) is 52.9. The summed E-state index contributed by atoms with van der Waals surface area (Å²) in [6.45, 7) is 1.24. The average molecular weight is 625 g/mol. The van der Waals surface area contributed by atoms with Gasteiger partial charge in [0, 0.05) is 12.9 Å². The van der Waals surface area contributed by atoms with Crippen molar-refractivity contribution in [2.45, 2.75) is 37.2 Å². The molecule has 2 aliphatic heterocycles. The third-order valence-corrected chi connectivity index (χ3v) is 7.93. The lowest BCUT2D eigenvalue weighted by molar-refractivity contribution is -0.256. The molecule has 0 bridgehead atoms. The number of fused-ring (bicyclic) bond motifs is 1.